The molecule has 22 heavy (non-hydrogen) atoms. The molecule has 1 aromatic carbocycles. The number of anilines is 2. The van der Waals surface area contributed by atoms with E-state index in [0.29, 0.717) is 11.3 Å². The lowest BCUT2D eigenvalue weighted by atomic mass is 9.86. The number of hydrogen-bond acceptors (Lipinski definition) is 3. The van der Waals surface area contributed by atoms with Crippen LogP contribution in [0.5, 0.6) is 0 Å². The first-order valence-electron chi connectivity index (χ1n) is 7.41. The van der Waals surface area contributed by atoms with Crippen LogP contribution in [0.2, 0.25) is 0 Å². The molecule has 0 saturated heterocycles. The Morgan fingerprint density at radius 2 is 2.18 bits per heavy atom. The van der Waals surface area contributed by atoms with Crippen molar-refractivity contribution in [2.75, 3.05) is 10.9 Å². The summed E-state index contributed by atoms with van der Waals surface area (Å²) in [6.45, 7) is 8.57. The maximum absolute atomic E-state index is 12.8. The van der Waals surface area contributed by atoms with Crippen molar-refractivity contribution in [3.05, 3.63) is 47.7 Å². The second-order valence-corrected chi connectivity index (χ2v) is 6.48. The fraction of sp³-hybridized carbons (Fsp3) is 0.353. The predicted molar refractivity (Wildman–Crippen MR) is 88.4 cm³/mol. The third-order valence-electron chi connectivity index (χ3n) is 4.43. The molecule has 5 heteroatoms. The second kappa shape index (κ2) is 5.16. The minimum atomic E-state index is 0.174. The normalized spacial score (nSPS) is 15.5. The van der Waals surface area contributed by atoms with E-state index in [4.69, 9.17) is 0 Å². The maximum atomic E-state index is 12.8. The predicted octanol–water partition coefficient (Wildman–Crippen LogP) is 4.02. The number of aryl methyl sites for hydroxylation is 1. The number of benzene rings is 1. The fourth-order valence-corrected chi connectivity index (χ4v) is 3.19. The Labute approximate surface area is 130 Å². The molecule has 1 aliphatic rings. The molecule has 0 atom stereocenters. The van der Waals surface area contributed by atoms with Crippen LogP contribution >= 0.6 is 0 Å². The second-order valence-electron chi connectivity index (χ2n) is 6.48. The molecule has 0 spiro atoms. The molecule has 0 unspecified atom stereocenters. The molecule has 0 radical (unpaired) electrons. The monoisotopic (exact) mass is 300 g/mol. The highest BCUT2D eigenvalue weighted by molar-refractivity contribution is 5.81. The lowest BCUT2D eigenvalue weighted by Gasteiger charge is -2.20. The molecule has 3 rings (SSSR count). The van der Waals surface area contributed by atoms with Crippen molar-refractivity contribution in [3.8, 4) is 0 Å². The van der Waals surface area contributed by atoms with Crippen LogP contribution in [0, 0.1) is 0 Å². The topological polar surface area (TPSA) is 41.9 Å². The number of rotatable bonds is 4. The summed E-state index contributed by atoms with van der Waals surface area (Å²) in [7, 11) is 1.75. The smallest absolute Gasteiger partial charge is 0.185 e. The minimum absolute atomic E-state index is 0.174. The van der Waals surface area contributed by atoms with Gasteiger partial charge in [-0.25, -0.2) is 5.54 Å². The van der Waals surface area contributed by atoms with E-state index in [1.165, 1.54) is 11.1 Å². The van der Waals surface area contributed by atoms with Gasteiger partial charge in [-0.1, -0.05) is 32.6 Å². The Morgan fingerprint density at radius 1 is 1.41 bits per heavy atom. The average Bonchev–Trinajstić information content (AvgIpc) is 3.00. The van der Waals surface area contributed by atoms with Crippen molar-refractivity contribution in [2.45, 2.75) is 32.1 Å². The SMILES string of the molecule is C=C(Nc1cccc2c1CCC2(C)C)c1cn(C)nc1NF. The van der Waals surface area contributed by atoms with Gasteiger partial charge in [0, 0.05) is 24.6 Å². The highest BCUT2D eigenvalue weighted by Gasteiger charge is 2.31. The zero-order valence-electron chi connectivity index (χ0n) is 13.2. The highest BCUT2D eigenvalue weighted by Crippen LogP contribution is 2.42. The first-order valence-corrected chi connectivity index (χ1v) is 7.41. The molecule has 4 nitrogen and oxygen atoms in total. The van der Waals surface area contributed by atoms with E-state index in [1.54, 1.807) is 23.5 Å². The van der Waals surface area contributed by atoms with Gasteiger partial charge in [-0.05, 0) is 35.4 Å². The van der Waals surface area contributed by atoms with Crippen LogP contribution in [0.4, 0.5) is 16.0 Å². The molecule has 2 aromatic rings. The van der Waals surface area contributed by atoms with Crippen molar-refractivity contribution >= 4 is 17.2 Å². The van der Waals surface area contributed by atoms with Gasteiger partial charge < -0.3 is 5.32 Å². The van der Waals surface area contributed by atoms with Crippen LogP contribution in [-0.2, 0) is 18.9 Å². The van der Waals surface area contributed by atoms with Crippen molar-refractivity contribution in [1.29, 1.82) is 0 Å². The van der Waals surface area contributed by atoms with Crippen molar-refractivity contribution < 1.29 is 4.48 Å². The van der Waals surface area contributed by atoms with Gasteiger partial charge in [0.15, 0.2) is 5.82 Å². The van der Waals surface area contributed by atoms with E-state index in [2.05, 4.69) is 43.0 Å². The lowest BCUT2D eigenvalue weighted by Crippen LogP contribution is -2.11. The van der Waals surface area contributed by atoms with E-state index in [1.807, 2.05) is 6.07 Å². The molecule has 116 valence electrons. The maximum Gasteiger partial charge on any atom is 0.185 e. The van der Waals surface area contributed by atoms with Crippen LogP contribution in [0.1, 0.15) is 37.0 Å². The highest BCUT2D eigenvalue weighted by atomic mass is 19.2. The quantitative estimate of drug-likeness (QED) is 0.838. The largest absolute Gasteiger partial charge is 0.355 e. The first kappa shape index (κ1) is 14.6. The summed E-state index contributed by atoms with van der Waals surface area (Å²) in [5.41, 5.74) is 6.82. The van der Waals surface area contributed by atoms with Gasteiger partial charge in [-0.3, -0.25) is 4.68 Å². The summed E-state index contributed by atoms with van der Waals surface area (Å²) >= 11 is 0. The molecular weight excluding hydrogens is 279 g/mol. The van der Waals surface area contributed by atoms with E-state index >= 15 is 0 Å². The fourth-order valence-electron chi connectivity index (χ4n) is 3.19. The molecule has 1 aromatic heterocycles. The van der Waals surface area contributed by atoms with Crippen LogP contribution in [0.15, 0.2) is 31.0 Å². The molecule has 0 aliphatic heterocycles. The lowest BCUT2D eigenvalue weighted by molar-refractivity contribution is 0.522. The average molecular weight is 300 g/mol. The standard InChI is InChI=1S/C17H21FN4/c1-11(13-10-22(4)21-16(13)20-18)19-15-7-5-6-14-12(15)8-9-17(14,2)3/h5-7,10,19H,1,8-9H2,2-4H3,(H,20,21). The van der Waals surface area contributed by atoms with Gasteiger partial charge >= 0.3 is 0 Å². The number of halogens is 1. The van der Waals surface area contributed by atoms with Gasteiger partial charge in [0.25, 0.3) is 0 Å². The third kappa shape index (κ3) is 2.36. The van der Waals surface area contributed by atoms with Gasteiger partial charge in [0.1, 0.15) is 0 Å². The van der Waals surface area contributed by atoms with Crippen molar-refractivity contribution in [1.82, 2.24) is 9.78 Å². The van der Waals surface area contributed by atoms with Crippen LogP contribution in [-0.4, -0.2) is 9.78 Å². The zero-order chi connectivity index (χ0) is 15.9. The van der Waals surface area contributed by atoms with Crippen molar-refractivity contribution in [3.63, 3.8) is 0 Å². The molecule has 2 N–H and O–H groups in total. The van der Waals surface area contributed by atoms with E-state index in [0.717, 1.165) is 18.5 Å². The zero-order valence-corrected chi connectivity index (χ0v) is 13.2. The van der Waals surface area contributed by atoms with Crippen LogP contribution < -0.4 is 10.9 Å². The number of nitrogens with one attached hydrogen (secondary N) is 2. The summed E-state index contributed by atoms with van der Waals surface area (Å²) in [6, 6.07) is 6.29. The molecule has 0 bridgehead atoms. The molecule has 1 heterocycles. The van der Waals surface area contributed by atoms with Gasteiger partial charge in [-0.15, -0.1) is 4.48 Å². The Hall–Kier alpha value is -2.30. The Bertz CT molecular complexity index is 730. The van der Waals surface area contributed by atoms with Crippen LogP contribution in [0.3, 0.4) is 0 Å². The summed E-state index contributed by atoms with van der Waals surface area (Å²) in [6.07, 6.45) is 3.92. The summed E-state index contributed by atoms with van der Waals surface area (Å²) in [5, 5.41) is 7.35. The van der Waals surface area contributed by atoms with Gasteiger partial charge in [-0.2, -0.15) is 5.10 Å². The first-order chi connectivity index (χ1) is 10.4. The Morgan fingerprint density at radius 3 is 2.91 bits per heavy atom. The van der Waals surface area contributed by atoms with Crippen LogP contribution in [0.25, 0.3) is 5.70 Å². The molecule has 0 amide bonds. The van der Waals surface area contributed by atoms with E-state index < -0.39 is 0 Å². The number of aromatic nitrogens is 2. The van der Waals surface area contributed by atoms with E-state index in [9.17, 15) is 4.48 Å². The van der Waals surface area contributed by atoms with Gasteiger partial charge in [0.05, 0.1) is 5.56 Å². The summed E-state index contributed by atoms with van der Waals surface area (Å²) < 4.78 is 14.4. The molecule has 1 aliphatic carbocycles. The number of hydrogen-bond donors (Lipinski definition) is 2. The number of fused-ring (bicyclic) bond motifs is 1. The van der Waals surface area contributed by atoms with E-state index in [-0.39, 0.29) is 11.2 Å². The molecule has 0 fully saturated rings. The Kier molecular flexibility index (Phi) is 3.43. The van der Waals surface area contributed by atoms with Crippen molar-refractivity contribution in [2.24, 2.45) is 7.05 Å². The summed E-state index contributed by atoms with van der Waals surface area (Å²) in [4.78, 5) is 0. The molecule has 0 saturated carbocycles. The summed E-state index contributed by atoms with van der Waals surface area (Å²) in [5.74, 6) is 0.174. The van der Waals surface area contributed by atoms with Gasteiger partial charge in [0.2, 0.25) is 0 Å². The minimum Gasteiger partial charge on any atom is -0.355 e. The number of nitrogens with zero attached hydrogens (tertiary/aromatic N) is 2. The third-order valence-corrected chi connectivity index (χ3v) is 4.43. The Balaban J connectivity index is 1.91. The molecular formula is C17H21FN4.